The number of fused-ring (bicyclic) bond motifs is 1. The van der Waals surface area contributed by atoms with Crippen LogP contribution in [-0.4, -0.2) is 15.9 Å². The van der Waals surface area contributed by atoms with Crippen molar-refractivity contribution in [3.8, 4) is 0 Å². The summed E-state index contributed by atoms with van der Waals surface area (Å²) in [5, 5.41) is 2.99. The maximum Gasteiger partial charge on any atom is 0.250 e. The molecule has 7 nitrogen and oxygen atoms in total. The number of amides is 1. The zero-order chi connectivity index (χ0) is 17.0. The van der Waals surface area contributed by atoms with Crippen molar-refractivity contribution < 1.29 is 4.79 Å². The fourth-order valence-corrected chi connectivity index (χ4v) is 1.98. The average molecular weight is 312 g/mol. The summed E-state index contributed by atoms with van der Waals surface area (Å²) in [5.74, 6) is 0.664. The molecule has 0 aromatic carbocycles. The highest BCUT2D eigenvalue weighted by atomic mass is 16.1. The lowest BCUT2D eigenvalue weighted by Gasteiger charge is -2.10. The molecule has 7 N–H and O–H groups in total. The van der Waals surface area contributed by atoms with E-state index in [4.69, 9.17) is 17.2 Å². The van der Waals surface area contributed by atoms with Crippen molar-refractivity contribution in [2.75, 3.05) is 5.32 Å². The molecule has 2 rings (SSSR count). The van der Waals surface area contributed by atoms with Crippen molar-refractivity contribution in [1.82, 2.24) is 9.97 Å². The number of nitrogens with two attached hydrogens (primary N) is 3. The van der Waals surface area contributed by atoms with Crippen LogP contribution in [0.2, 0.25) is 0 Å². The third kappa shape index (κ3) is 3.97. The molecule has 120 valence electrons. The number of carbonyl (C=O) groups is 1. The van der Waals surface area contributed by atoms with Crippen molar-refractivity contribution in [2.45, 2.75) is 13.8 Å². The van der Waals surface area contributed by atoms with E-state index in [9.17, 15) is 4.79 Å². The smallest absolute Gasteiger partial charge is 0.250 e. The molecule has 7 heteroatoms. The van der Waals surface area contributed by atoms with Crippen molar-refractivity contribution >= 4 is 22.8 Å². The normalized spacial score (nSPS) is 12.7. The second-order valence-electron chi connectivity index (χ2n) is 5.37. The Morgan fingerprint density at radius 1 is 1.26 bits per heavy atom. The summed E-state index contributed by atoms with van der Waals surface area (Å²) in [7, 11) is 0. The maximum atomic E-state index is 11.2. The number of nitrogens with one attached hydrogen (secondary N) is 1. The molecule has 0 atom stereocenters. The molecule has 0 radical (unpaired) electrons. The Hall–Kier alpha value is -3.09. The molecule has 2 aromatic rings. The number of hydrogen-bond acceptors (Lipinski definition) is 6. The van der Waals surface area contributed by atoms with E-state index in [0.29, 0.717) is 28.2 Å². The average Bonchev–Trinajstić information content (AvgIpc) is 2.51. The Balaban J connectivity index is 2.30. The van der Waals surface area contributed by atoms with Gasteiger partial charge in [0.2, 0.25) is 5.91 Å². The van der Waals surface area contributed by atoms with Crippen molar-refractivity contribution in [2.24, 2.45) is 23.1 Å². The SMILES string of the molecule is CC(C)C(=C/N)/C=C(\N)Nc1ccc2ncc(C(N)=O)cc2n1. The van der Waals surface area contributed by atoms with Gasteiger partial charge in [-0.1, -0.05) is 13.8 Å². The van der Waals surface area contributed by atoms with E-state index in [-0.39, 0.29) is 5.92 Å². The number of rotatable bonds is 5. The van der Waals surface area contributed by atoms with Gasteiger partial charge in [0.15, 0.2) is 0 Å². The van der Waals surface area contributed by atoms with Gasteiger partial charge in [-0.15, -0.1) is 0 Å². The second kappa shape index (κ2) is 6.78. The minimum atomic E-state index is -0.548. The molecule has 0 spiro atoms. The molecule has 0 saturated carbocycles. The number of aromatic nitrogens is 2. The van der Waals surface area contributed by atoms with Gasteiger partial charge in [-0.3, -0.25) is 9.78 Å². The third-order valence-electron chi connectivity index (χ3n) is 3.28. The predicted octanol–water partition coefficient (Wildman–Crippen LogP) is 1.44. The molecule has 2 heterocycles. The van der Waals surface area contributed by atoms with Gasteiger partial charge in [-0.25, -0.2) is 4.98 Å². The minimum absolute atomic E-state index is 0.257. The van der Waals surface area contributed by atoms with Crippen LogP contribution < -0.4 is 22.5 Å². The Kier molecular flexibility index (Phi) is 4.80. The second-order valence-corrected chi connectivity index (χ2v) is 5.37. The van der Waals surface area contributed by atoms with Crippen LogP contribution in [0.25, 0.3) is 11.0 Å². The number of pyridine rings is 2. The molecular formula is C16H20N6O. The molecule has 1 amide bonds. The fraction of sp³-hybridized carbons (Fsp3) is 0.188. The Morgan fingerprint density at radius 2 is 2.00 bits per heavy atom. The lowest BCUT2D eigenvalue weighted by Crippen LogP contribution is -2.13. The maximum absolute atomic E-state index is 11.2. The van der Waals surface area contributed by atoms with Gasteiger partial charge in [0.25, 0.3) is 0 Å². The molecule has 0 aliphatic carbocycles. The Bertz CT molecular complexity index is 794. The van der Waals surface area contributed by atoms with Crippen molar-refractivity contribution in [1.29, 1.82) is 0 Å². The molecule has 0 fully saturated rings. The highest BCUT2D eigenvalue weighted by Crippen LogP contribution is 2.16. The first-order chi connectivity index (χ1) is 10.9. The van der Waals surface area contributed by atoms with Crippen LogP contribution in [0, 0.1) is 5.92 Å². The molecule has 2 aromatic heterocycles. The van der Waals surface area contributed by atoms with E-state index < -0.39 is 5.91 Å². The summed E-state index contributed by atoms with van der Waals surface area (Å²) in [6.45, 7) is 4.04. The third-order valence-corrected chi connectivity index (χ3v) is 3.28. The molecular weight excluding hydrogens is 292 g/mol. The molecule has 23 heavy (non-hydrogen) atoms. The van der Waals surface area contributed by atoms with Crippen molar-refractivity contribution in [3.63, 3.8) is 0 Å². The first-order valence-corrected chi connectivity index (χ1v) is 7.13. The summed E-state index contributed by atoms with van der Waals surface area (Å²) in [6.07, 6.45) is 4.71. The first-order valence-electron chi connectivity index (χ1n) is 7.13. The predicted molar refractivity (Wildman–Crippen MR) is 91.1 cm³/mol. The van der Waals surface area contributed by atoms with E-state index in [1.807, 2.05) is 13.8 Å². The summed E-state index contributed by atoms with van der Waals surface area (Å²) in [6, 6.07) is 5.13. The summed E-state index contributed by atoms with van der Waals surface area (Å²) in [4.78, 5) is 19.7. The number of allylic oxidation sites excluding steroid dienone is 2. The van der Waals surface area contributed by atoms with Crippen LogP contribution in [-0.2, 0) is 0 Å². The zero-order valence-electron chi connectivity index (χ0n) is 13.1. The highest BCUT2D eigenvalue weighted by molar-refractivity contribution is 5.95. The summed E-state index contributed by atoms with van der Waals surface area (Å²) >= 11 is 0. The molecule has 0 unspecified atom stereocenters. The lowest BCUT2D eigenvalue weighted by atomic mass is 10.0. The van der Waals surface area contributed by atoms with Crippen LogP contribution in [0.5, 0.6) is 0 Å². The standard InChI is InChI=1S/C16H20N6O/c1-9(2)10(7-17)6-14(18)22-15-4-3-12-13(21-15)5-11(8-20-12)16(19)23/h3-9H,17-18H2,1-2H3,(H2,19,23)(H,21,22)/b10-7+,14-6+. The van der Waals surface area contributed by atoms with E-state index >= 15 is 0 Å². The molecule has 0 aliphatic rings. The quantitative estimate of drug-likeness (QED) is 0.617. The van der Waals surface area contributed by atoms with Gasteiger partial charge in [-0.2, -0.15) is 0 Å². The molecule has 0 bridgehead atoms. The van der Waals surface area contributed by atoms with Crippen LogP contribution in [0.4, 0.5) is 5.82 Å². The summed E-state index contributed by atoms with van der Waals surface area (Å²) in [5.41, 5.74) is 19.2. The monoisotopic (exact) mass is 312 g/mol. The van der Waals surface area contributed by atoms with Gasteiger partial charge in [0, 0.05) is 6.20 Å². The topological polar surface area (TPSA) is 133 Å². The minimum Gasteiger partial charge on any atom is -0.404 e. The van der Waals surface area contributed by atoms with E-state index in [1.165, 1.54) is 12.4 Å². The van der Waals surface area contributed by atoms with E-state index in [2.05, 4.69) is 15.3 Å². The van der Waals surface area contributed by atoms with Crippen LogP contribution in [0.15, 0.2) is 48.1 Å². The number of nitrogens with zero attached hydrogens (tertiary/aromatic N) is 2. The lowest BCUT2D eigenvalue weighted by molar-refractivity contribution is 0.1000. The van der Waals surface area contributed by atoms with Gasteiger partial charge in [0.1, 0.15) is 11.6 Å². The van der Waals surface area contributed by atoms with Gasteiger partial charge >= 0.3 is 0 Å². The van der Waals surface area contributed by atoms with Crippen LogP contribution in [0.3, 0.4) is 0 Å². The number of carbonyl (C=O) groups excluding carboxylic acids is 1. The van der Waals surface area contributed by atoms with Gasteiger partial charge < -0.3 is 22.5 Å². The number of primary amides is 1. The van der Waals surface area contributed by atoms with Gasteiger partial charge in [-0.05, 0) is 42.0 Å². The Morgan fingerprint density at radius 3 is 2.61 bits per heavy atom. The van der Waals surface area contributed by atoms with E-state index in [0.717, 1.165) is 5.57 Å². The van der Waals surface area contributed by atoms with Crippen LogP contribution in [0.1, 0.15) is 24.2 Å². The van der Waals surface area contributed by atoms with E-state index in [1.54, 1.807) is 24.3 Å². The Labute approximate surface area is 134 Å². The largest absolute Gasteiger partial charge is 0.404 e. The fourth-order valence-electron chi connectivity index (χ4n) is 1.98. The zero-order valence-corrected chi connectivity index (χ0v) is 13.1. The molecule has 0 aliphatic heterocycles. The number of anilines is 1. The van der Waals surface area contributed by atoms with Gasteiger partial charge in [0.05, 0.1) is 16.6 Å². The highest BCUT2D eigenvalue weighted by Gasteiger charge is 2.06. The van der Waals surface area contributed by atoms with Crippen LogP contribution >= 0.6 is 0 Å². The van der Waals surface area contributed by atoms with Crippen molar-refractivity contribution in [3.05, 3.63) is 53.6 Å². The molecule has 0 saturated heterocycles. The number of hydrogen-bond donors (Lipinski definition) is 4. The summed E-state index contributed by atoms with van der Waals surface area (Å²) < 4.78 is 0. The first kappa shape index (κ1) is 16.3.